The van der Waals surface area contributed by atoms with Crippen LogP contribution in [0.25, 0.3) is 0 Å². The summed E-state index contributed by atoms with van der Waals surface area (Å²) < 4.78 is 5.14. The van der Waals surface area contributed by atoms with Crippen LogP contribution in [-0.4, -0.2) is 25.7 Å². The highest BCUT2D eigenvalue weighted by molar-refractivity contribution is 7.15. The SMILES string of the molecule is CN(C)c1ncc([C@@H]2CO2)s1. The van der Waals surface area contributed by atoms with Crippen LogP contribution < -0.4 is 4.90 Å². The lowest BCUT2D eigenvalue weighted by Gasteiger charge is -2.04. The molecule has 60 valence electrons. The molecule has 2 rings (SSSR count). The van der Waals surface area contributed by atoms with Gasteiger partial charge in [0.25, 0.3) is 0 Å². The maximum atomic E-state index is 5.14. The fraction of sp³-hybridized carbons (Fsp3) is 0.571. The Labute approximate surface area is 69.6 Å². The van der Waals surface area contributed by atoms with Gasteiger partial charge in [-0.2, -0.15) is 0 Å². The zero-order valence-corrected chi connectivity index (χ0v) is 7.39. The fourth-order valence-corrected chi connectivity index (χ4v) is 1.72. The molecule has 0 amide bonds. The molecular formula is C7H10N2OS. The van der Waals surface area contributed by atoms with Gasteiger partial charge >= 0.3 is 0 Å². The van der Waals surface area contributed by atoms with Crippen LogP contribution in [0.4, 0.5) is 5.13 Å². The minimum atomic E-state index is 0.348. The van der Waals surface area contributed by atoms with E-state index in [0.29, 0.717) is 6.10 Å². The third kappa shape index (κ3) is 1.36. The first kappa shape index (κ1) is 7.06. The predicted molar refractivity (Wildman–Crippen MR) is 45.1 cm³/mol. The molecule has 0 unspecified atom stereocenters. The molecule has 1 aromatic heterocycles. The van der Waals surface area contributed by atoms with Crippen molar-refractivity contribution in [3.05, 3.63) is 11.1 Å². The van der Waals surface area contributed by atoms with E-state index < -0.39 is 0 Å². The second kappa shape index (κ2) is 2.46. The van der Waals surface area contributed by atoms with Gasteiger partial charge in [-0.3, -0.25) is 0 Å². The second-order valence-corrected chi connectivity index (χ2v) is 3.80. The Morgan fingerprint density at radius 3 is 2.91 bits per heavy atom. The van der Waals surface area contributed by atoms with Gasteiger partial charge in [-0.15, -0.1) is 0 Å². The fourth-order valence-electron chi connectivity index (χ4n) is 0.845. The number of hydrogen-bond acceptors (Lipinski definition) is 4. The summed E-state index contributed by atoms with van der Waals surface area (Å²) >= 11 is 1.70. The number of aromatic nitrogens is 1. The highest BCUT2D eigenvalue weighted by Crippen LogP contribution is 2.35. The van der Waals surface area contributed by atoms with E-state index in [1.807, 2.05) is 25.2 Å². The van der Waals surface area contributed by atoms with Crippen LogP contribution in [0.15, 0.2) is 6.20 Å². The van der Waals surface area contributed by atoms with Gasteiger partial charge in [0.05, 0.1) is 11.5 Å². The molecule has 1 fully saturated rings. The van der Waals surface area contributed by atoms with Gasteiger partial charge in [-0.1, -0.05) is 11.3 Å². The van der Waals surface area contributed by atoms with E-state index >= 15 is 0 Å². The van der Waals surface area contributed by atoms with Crippen molar-refractivity contribution in [1.82, 2.24) is 4.98 Å². The van der Waals surface area contributed by atoms with Gasteiger partial charge in [0.2, 0.25) is 0 Å². The van der Waals surface area contributed by atoms with E-state index in [0.717, 1.165) is 11.7 Å². The molecule has 0 saturated carbocycles. The summed E-state index contributed by atoms with van der Waals surface area (Å²) in [6, 6.07) is 0. The van der Waals surface area contributed by atoms with Gasteiger partial charge in [0.15, 0.2) is 5.13 Å². The molecule has 0 bridgehead atoms. The Kier molecular flexibility index (Phi) is 1.58. The average molecular weight is 170 g/mol. The van der Waals surface area contributed by atoms with Crippen molar-refractivity contribution in [3.8, 4) is 0 Å². The van der Waals surface area contributed by atoms with E-state index in [9.17, 15) is 0 Å². The van der Waals surface area contributed by atoms with Crippen molar-refractivity contribution in [2.45, 2.75) is 6.10 Å². The standard InChI is InChI=1S/C7H10N2OS/c1-9(2)7-8-3-6(11-7)5-4-10-5/h3,5H,4H2,1-2H3/t5-/m0/s1. The number of hydrogen-bond donors (Lipinski definition) is 0. The Morgan fingerprint density at radius 1 is 1.73 bits per heavy atom. The van der Waals surface area contributed by atoms with Crippen molar-refractivity contribution in [2.75, 3.05) is 25.6 Å². The molecule has 4 heteroatoms. The number of thiazole rings is 1. The number of epoxide rings is 1. The Morgan fingerprint density at radius 2 is 2.45 bits per heavy atom. The summed E-state index contributed by atoms with van der Waals surface area (Å²) in [6.07, 6.45) is 2.25. The Balaban J connectivity index is 2.18. The molecule has 1 aliphatic heterocycles. The molecule has 0 radical (unpaired) electrons. The molecule has 11 heavy (non-hydrogen) atoms. The molecule has 0 spiro atoms. The maximum absolute atomic E-state index is 5.14. The van der Waals surface area contributed by atoms with Crippen molar-refractivity contribution in [3.63, 3.8) is 0 Å². The Bertz CT molecular complexity index is 238. The Hall–Kier alpha value is -0.610. The van der Waals surface area contributed by atoms with Crippen LogP contribution in [0.1, 0.15) is 11.0 Å². The summed E-state index contributed by atoms with van der Waals surface area (Å²) in [6.45, 7) is 0.870. The molecule has 1 aromatic rings. The monoisotopic (exact) mass is 170 g/mol. The van der Waals surface area contributed by atoms with E-state index in [2.05, 4.69) is 4.98 Å². The number of rotatable bonds is 2. The topological polar surface area (TPSA) is 28.7 Å². The third-order valence-corrected chi connectivity index (χ3v) is 2.80. The molecule has 3 nitrogen and oxygen atoms in total. The van der Waals surface area contributed by atoms with E-state index in [4.69, 9.17) is 4.74 Å². The number of ether oxygens (including phenoxy) is 1. The van der Waals surface area contributed by atoms with Crippen LogP contribution in [0, 0.1) is 0 Å². The minimum absolute atomic E-state index is 0.348. The van der Waals surface area contributed by atoms with Crippen molar-refractivity contribution >= 4 is 16.5 Å². The smallest absolute Gasteiger partial charge is 0.185 e. The average Bonchev–Trinajstić information content (AvgIpc) is 2.68. The lowest BCUT2D eigenvalue weighted by Crippen LogP contribution is -2.07. The van der Waals surface area contributed by atoms with E-state index in [1.54, 1.807) is 11.3 Å². The summed E-state index contributed by atoms with van der Waals surface area (Å²) in [5.41, 5.74) is 0. The zero-order valence-electron chi connectivity index (χ0n) is 6.57. The highest BCUT2D eigenvalue weighted by atomic mass is 32.1. The van der Waals surface area contributed by atoms with Gasteiger partial charge in [-0.05, 0) is 0 Å². The second-order valence-electron chi connectivity index (χ2n) is 2.76. The first-order valence-electron chi connectivity index (χ1n) is 3.52. The van der Waals surface area contributed by atoms with Crippen molar-refractivity contribution in [2.24, 2.45) is 0 Å². The minimum Gasteiger partial charge on any atom is -0.367 e. The van der Waals surface area contributed by atoms with Crippen LogP contribution in [-0.2, 0) is 4.74 Å². The maximum Gasteiger partial charge on any atom is 0.185 e. The van der Waals surface area contributed by atoms with Gasteiger partial charge < -0.3 is 9.64 Å². The van der Waals surface area contributed by atoms with Crippen LogP contribution in [0.5, 0.6) is 0 Å². The molecule has 0 aliphatic carbocycles. The normalized spacial score (nSPS) is 21.8. The van der Waals surface area contributed by atoms with Crippen LogP contribution in [0.3, 0.4) is 0 Å². The van der Waals surface area contributed by atoms with Gasteiger partial charge in [-0.25, -0.2) is 4.98 Å². The molecule has 1 aliphatic rings. The summed E-state index contributed by atoms with van der Waals surface area (Å²) in [4.78, 5) is 7.50. The quantitative estimate of drug-likeness (QED) is 0.626. The van der Waals surface area contributed by atoms with E-state index in [1.165, 1.54) is 4.88 Å². The molecule has 1 atom stereocenters. The predicted octanol–water partition coefficient (Wildman–Crippen LogP) is 1.28. The lowest BCUT2D eigenvalue weighted by molar-refractivity contribution is 0.418. The zero-order chi connectivity index (χ0) is 7.84. The van der Waals surface area contributed by atoms with Crippen molar-refractivity contribution < 1.29 is 4.74 Å². The molecule has 2 heterocycles. The highest BCUT2D eigenvalue weighted by Gasteiger charge is 2.27. The molecule has 1 saturated heterocycles. The number of nitrogens with zero attached hydrogens (tertiary/aromatic N) is 2. The molecule has 0 aromatic carbocycles. The summed E-state index contributed by atoms with van der Waals surface area (Å²) in [7, 11) is 3.99. The summed E-state index contributed by atoms with van der Waals surface area (Å²) in [5.74, 6) is 0. The van der Waals surface area contributed by atoms with Crippen molar-refractivity contribution in [1.29, 1.82) is 0 Å². The lowest BCUT2D eigenvalue weighted by atomic mass is 10.4. The molecular weight excluding hydrogens is 160 g/mol. The van der Waals surface area contributed by atoms with Gasteiger partial charge in [0, 0.05) is 20.3 Å². The number of anilines is 1. The van der Waals surface area contributed by atoms with Crippen LogP contribution in [0.2, 0.25) is 0 Å². The third-order valence-electron chi connectivity index (χ3n) is 1.54. The molecule has 0 N–H and O–H groups in total. The largest absolute Gasteiger partial charge is 0.367 e. The first-order valence-corrected chi connectivity index (χ1v) is 4.33. The van der Waals surface area contributed by atoms with E-state index in [-0.39, 0.29) is 0 Å². The van der Waals surface area contributed by atoms with Gasteiger partial charge in [0.1, 0.15) is 6.10 Å². The summed E-state index contributed by atoms with van der Waals surface area (Å²) in [5, 5.41) is 1.05. The first-order chi connectivity index (χ1) is 5.27. The van der Waals surface area contributed by atoms with Crippen LogP contribution >= 0.6 is 11.3 Å².